The van der Waals surface area contributed by atoms with Crippen molar-refractivity contribution in [1.29, 1.82) is 0 Å². The Morgan fingerprint density at radius 2 is 2.09 bits per heavy atom. The van der Waals surface area contributed by atoms with Crippen LogP contribution in [0.5, 0.6) is 0 Å². The van der Waals surface area contributed by atoms with Crippen molar-refractivity contribution in [1.82, 2.24) is 0 Å². The molecule has 60 valence electrons. The molecular formula is C10H14O. The maximum atomic E-state index is 11.1. The van der Waals surface area contributed by atoms with Crippen LogP contribution < -0.4 is 0 Å². The molecule has 2 saturated carbocycles. The molecule has 0 N–H and O–H groups in total. The van der Waals surface area contributed by atoms with Crippen molar-refractivity contribution in [2.75, 3.05) is 0 Å². The predicted octanol–water partition coefficient (Wildman–Crippen LogP) is 2.32. The SMILES string of the molecule is C=C1CC1C1CCCC(=O)C1. The third-order valence-electron chi connectivity index (χ3n) is 2.94. The van der Waals surface area contributed by atoms with E-state index in [-0.39, 0.29) is 0 Å². The largest absolute Gasteiger partial charge is 0.300 e. The van der Waals surface area contributed by atoms with Crippen LogP contribution in [0.15, 0.2) is 12.2 Å². The molecule has 11 heavy (non-hydrogen) atoms. The maximum Gasteiger partial charge on any atom is 0.133 e. The highest BCUT2D eigenvalue weighted by atomic mass is 16.1. The van der Waals surface area contributed by atoms with E-state index < -0.39 is 0 Å². The number of ketones is 1. The molecule has 0 aromatic carbocycles. The number of carbonyl (C=O) groups is 1. The van der Waals surface area contributed by atoms with Crippen LogP contribution in [-0.2, 0) is 4.79 Å². The molecule has 0 bridgehead atoms. The van der Waals surface area contributed by atoms with E-state index in [0.717, 1.165) is 25.2 Å². The molecule has 2 fully saturated rings. The van der Waals surface area contributed by atoms with Crippen LogP contribution in [0.4, 0.5) is 0 Å². The topological polar surface area (TPSA) is 17.1 Å². The molecule has 1 heteroatoms. The van der Waals surface area contributed by atoms with Gasteiger partial charge in [-0.15, -0.1) is 0 Å². The highest BCUT2D eigenvalue weighted by Gasteiger charge is 2.37. The summed E-state index contributed by atoms with van der Waals surface area (Å²) in [6, 6.07) is 0. The van der Waals surface area contributed by atoms with Gasteiger partial charge >= 0.3 is 0 Å². The van der Waals surface area contributed by atoms with Crippen molar-refractivity contribution in [3.05, 3.63) is 12.2 Å². The Hall–Kier alpha value is -0.590. The first-order valence-electron chi connectivity index (χ1n) is 4.47. The highest BCUT2D eigenvalue weighted by Crippen LogP contribution is 2.46. The van der Waals surface area contributed by atoms with Gasteiger partial charge in [0.1, 0.15) is 5.78 Å². The van der Waals surface area contributed by atoms with Crippen LogP contribution in [0.2, 0.25) is 0 Å². The summed E-state index contributed by atoms with van der Waals surface area (Å²) < 4.78 is 0. The van der Waals surface area contributed by atoms with E-state index in [1.165, 1.54) is 18.4 Å². The summed E-state index contributed by atoms with van der Waals surface area (Å²) in [7, 11) is 0. The second-order valence-electron chi connectivity index (χ2n) is 3.86. The van der Waals surface area contributed by atoms with Gasteiger partial charge in [0, 0.05) is 12.8 Å². The summed E-state index contributed by atoms with van der Waals surface area (Å²) in [5.74, 6) is 1.86. The van der Waals surface area contributed by atoms with Gasteiger partial charge in [-0.25, -0.2) is 0 Å². The Morgan fingerprint density at radius 1 is 1.36 bits per heavy atom. The third-order valence-corrected chi connectivity index (χ3v) is 2.94. The van der Waals surface area contributed by atoms with Gasteiger partial charge in [0.15, 0.2) is 0 Å². The Kier molecular flexibility index (Phi) is 1.59. The molecule has 0 aromatic heterocycles. The molecule has 0 aliphatic heterocycles. The first kappa shape index (κ1) is 7.08. The smallest absolute Gasteiger partial charge is 0.133 e. The fourth-order valence-electron chi connectivity index (χ4n) is 2.12. The lowest BCUT2D eigenvalue weighted by atomic mass is 9.85. The molecular weight excluding hydrogens is 136 g/mol. The Balaban J connectivity index is 1.93. The highest BCUT2D eigenvalue weighted by molar-refractivity contribution is 5.79. The number of rotatable bonds is 1. The van der Waals surface area contributed by atoms with Gasteiger partial charge in [0.25, 0.3) is 0 Å². The van der Waals surface area contributed by atoms with E-state index in [1.807, 2.05) is 0 Å². The van der Waals surface area contributed by atoms with Gasteiger partial charge in [-0.3, -0.25) is 4.79 Å². The monoisotopic (exact) mass is 150 g/mol. The molecule has 0 heterocycles. The van der Waals surface area contributed by atoms with Crippen molar-refractivity contribution in [2.45, 2.75) is 32.1 Å². The minimum Gasteiger partial charge on any atom is -0.300 e. The van der Waals surface area contributed by atoms with E-state index in [4.69, 9.17) is 0 Å². The summed E-state index contributed by atoms with van der Waals surface area (Å²) in [6.07, 6.45) is 5.24. The number of hydrogen-bond donors (Lipinski definition) is 0. The zero-order chi connectivity index (χ0) is 7.84. The lowest BCUT2D eigenvalue weighted by molar-refractivity contribution is -0.121. The minimum atomic E-state index is 0.473. The number of Topliss-reactive ketones (excluding diaryl/α,β-unsaturated/α-hetero) is 1. The van der Waals surface area contributed by atoms with Crippen LogP contribution in [0.3, 0.4) is 0 Å². The Bertz CT molecular complexity index is 205. The zero-order valence-electron chi connectivity index (χ0n) is 6.81. The van der Waals surface area contributed by atoms with Crippen molar-refractivity contribution >= 4 is 5.78 Å². The second-order valence-corrected chi connectivity index (χ2v) is 3.86. The first-order valence-corrected chi connectivity index (χ1v) is 4.47. The van der Waals surface area contributed by atoms with Crippen molar-refractivity contribution in [3.8, 4) is 0 Å². The fraction of sp³-hybridized carbons (Fsp3) is 0.700. The van der Waals surface area contributed by atoms with Crippen molar-refractivity contribution in [3.63, 3.8) is 0 Å². The summed E-state index contributed by atoms with van der Waals surface area (Å²) in [5.41, 5.74) is 1.38. The maximum absolute atomic E-state index is 11.1. The average Bonchev–Trinajstić information content (AvgIpc) is 2.67. The number of carbonyl (C=O) groups excluding carboxylic acids is 1. The van der Waals surface area contributed by atoms with Gasteiger partial charge in [0.2, 0.25) is 0 Å². The fourth-order valence-corrected chi connectivity index (χ4v) is 2.12. The molecule has 0 aromatic rings. The average molecular weight is 150 g/mol. The lowest BCUT2D eigenvalue weighted by Crippen LogP contribution is -2.16. The van der Waals surface area contributed by atoms with Gasteiger partial charge in [-0.1, -0.05) is 12.2 Å². The Morgan fingerprint density at radius 3 is 2.64 bits per heavy atom. The second kappa shape index (κ2) is 2.47. The molecule has 0 radical (unpaired) electrons. The summed E-state index contributed by atoms with van der Waals surface area (Å²) in [6.45, 7) is 3.94. The van der Waals surface area contributed by atoms with Gasteiger partial charge in [0.05, 0.1) is 0 Å². The predicted molar refractivity (Wildman–Crippen MR) is 44.2 cm³/mol. The van der Waals surface area contributed by atoms with Crippen LogP contribution in [0, 0.1) is 11.8 Å². The number of hydrogen-bond acceptors (Lipinski definition) is 1. The van der Waals surface area contributed by atoms with E-state index in [0.29, 0.717) is 11.7 Å². The van der Waals surface area contributed by atoms with E-state index >= 15 is 0 Å². The summed E-state index contributed by atoms with van der Waals surface area (Å²) in [4.78, 5) is 11.1. The van der Waals surface area contributed by atoms with Crippen molar-refractivity contribution < 1.29 is 4.79 Å². The molecule has 1 nitrogen and oxygen atoms in total. The minimum absolute atomic E-state index is 0.473. The standard InChI is InChI=1S/C10H14O/c1-7-5-10(7)8-3-2-4-9(11)6-8/h8,10H,1-6H2. The molecule has 2 aliphatic rings. The van der Waals surface area contributed by atoms with Crippen molar-refractivity contribution in [2.24, 2.45) is 11.8 Å². The lowest BCUT2D eigenvalue weighted by Gasteiger charge is -2.19. The summed E-state index contributed by atoms with van der Waals surface area (Å²) >= 11 is 0. The molecule has 0 spiro atoms. The molecule has 2 rings (SSSR count). The molecule has 0 amide bonds. The molecule has 0 saturated heterocycles. The van der Waals surface area contributed by atoms with Crippen LogP contribution in [0.1, 0.15) is 32.1 Å². The van der Waals surface area contributed by atoms with Gasteiger partial charge in [-0.05, 0) is 31.1 Å². The normalized spacial score (nSPS) is 37.5. The summed E-state index contributed by atoms with van der Waals surface area (Å²) in [5, 5.41) is 0. The molecule has 2 atom stereocenters. The molecule has 2 unspecified atom stereocenters. The van der Waals surface area contributed by atoms with E-state index in [9.17, 15) is 4.79 Å². The van der Waals surface area contributed by atoms with Gasteiger partial charge < -0.3 is 0 Å². The van der Waals surface area contributed by atoms with Crippen LogP contribution in [-0.4, -0.2) is 5.78 Å². The third kappa shape index (κ3) is 1.37. The Labute approximate surface area is 67.5 Å². The van der Waals surface area contributed by atoms with E-state index in [1.54, 1.807) is 0 Å². The van der Waals surface area contributed by atoms with Crippen LogP contribution in [0.25, 0.3) is 0 Å². The van der Waals surface area contributed by atoms with Gasteiger partial charge in [-0.2, -0.15) is 0 Å². The first-order chi connectivity index (χ1) is 5.27. The number of allylic oxidation sites excluding steroid dienone is 1. The molecule has 2 aliphatic carbocycles. The van der Waals surface area contributed by atoms with Crippen LogP contribution >= 0.6 is 0 Å². The zero-order valence-corrected chi connectivity index (χ0v) is 6.81. The quantitative estimate of drug-likeness (QED) is 0.524. The van der Waals surface area contributed by atoms with E-state index in [2.05, 4.69) is 6.58 Å².